The van der Waals surface area contributed by atoms with Crippen LogP contribution in [0.15, 0.2) is 0 Å². The van der Waals surface area contributed by atoms with E-state index >= 15 is 0 Å². The molecule has 1 amide bonds. The number of carbonyl (C=O) groups excluding carboxylic acids is 1. The second-order valence-electron chi connectivity index (χ2n) is 6.33. The summed E-state index contributed by atoms with van der Waals surface area (Å²) in [5.74, 6) is 0. The Morgan fingerprint density at radius 3 is 2.44 bits per heavy atom. The van der Waals surface area contributed by atoms with Gasteiger partial charge >= 0.3 is 6.09 Å². The topological polar surface area (TPSA) is 38.3 Å². The predicted molar refractivity (Wildman–Crippen MR) is 63.3 cm³/mol. The minimum atomic E-state index is -0.390. The number of hydrogen-bond donors (Lipinski definition) is 1. The summed E-state index contributed by atoms with van der Waals surface area (Å²) in [6.07, 6.45) is 7.49. The maximum Gasteiger partial charge on any atom is 0.407 e. The monoisotopic (exact) mass is 225 g/mol. The van der Waals surface area contributed by atoms with Crippen LogP contribution < -0.4 is 5.32 Å². The highest BCUT2D eigenvalue weighted by atomic mass is 16.6. The number of alkyl carbamates (subject to hydrolysis) is 1. The van der Waals surface area contributed by atoms with Crippen LogP contribution in [0.5, 0.6) is 0 Å². The van der Waals surface area contributed by atoms with E-state index in [1.807, 2.05) is 20.8 Å². The van der Waals surface area contributed by atoms with Crippen molar-refractivity contribution in [1.82, 2.24) is 5.32 Å². The van der Waals surface area contributed by atoms with Gasteiger partial charge in [-0.25, -0.2) is 4.79 Å². The van der Waals surface area contributed by atoms with Crippen molar-refractivity contribution in [3.63, 3.8) is 0 Å². The fraction of sp³-hybridized carbons (Fsp3) is 0.923. The van der Waals surface area contributed by atoms with E-state index in [-0.39, 0.29) is 6.09 Å². The van der Waals surface area contributed by atoms with E-state index in [0.717, 1.165) is 6.42 Å². The van der Waals surface area contributed by atoms with E-state index in [1.165, 1.54) is 32.1 Å². The van der Waals surface area contributed by atoms with Gasteiger partial charge in [-0.1, -0.05) is 19.3 Å². The number of nitrogens with one attached hydrogen (secondary N) is 1. The molecule has 2 aliphatic carbocycles. The van der Waals surface area contributed by atoms with E-state index < -0.39 is 5.60 Å². The second kappa shape index (κ2) is 3.94. The summed E-state index contributed by atoms with van der Waals surface area (Å²) >= 11 is 0. The van der Waals surface area contributed by atoms with Gasteiger partial charge in [0.15, 0.2) is 0 Å². The molecule has 0 saturated heterocycles. The van der Waals surface area contributed by atoms with Gasteiger partial charge in [0.2, 0.25) is 0 Å². The van der Waals surface area contributed by atoms with Gasteiger partial charge in [0.25, 0.3) is 0 Å². The molecule has 0 bridgehead atoms. The summed E-state index contributed by atoms with van der Waals surface area (Å²) in [6.45, 7) is 5.70. The Morgan fingerprint density at radius 1 is 1.25 bits per heavy atom. The van der Waals surface area contributed by atoms with Crippen molar-refractivity contribution >= 4 is 6.09 Å². The van der Waals surface area contributed by atoms with Gasteiger partial charge in [-0.05, 0) is 45.4 Å². The van der Waals surface area contributed by atoms with Crippen molar-refractivity contribution in [2.24, 2.45) is 5.41 Å². The third kappa shape index (κ3) is 2.69. The molecule has 2 saturated carbocycles. The molecular weight excluding hydrogens is 202 g/mol. The SMILES string of the molecule is CC(C)(C)OC(=O)N[C@@H]1CC12CCCCC2. The smallest absolute Gasteiger partial charge is 0.407 e. The van der Waals surface area contributed by atoms with E-state index in [0.29, 0.717) is 11.5 Å². The minimum Gasteiger partial charge on any atom is -0.444 e. The predicted octanol–water partition coefficient (Wildman–Crippen LogP) is 3.23. The molecule has 0 radical (unpaired) electrons. The summed E-state index contributed by atoms with van der Waals surface area (Å²) < 4.78 is 5.27. The Morgan fingerprint density at radius 2 is 1.88 bits per heavy atom. The molecule has 3 heteroatoms. The lowest BCUT2D eigenvalue weighted by atomic mass is 9.86. The van der Waals surface area contributed by atoms with E-state index in [4.69, 9.17) is 4.74 Å². The van der Waals surface area contributed by atoms with Gasteiger partial charge in [-0.2, -0.15) is 0 Å². The Bertz CT molecular complexity index is 274. The Balaban J connectivity index is 1.78. The lowest BCUT2D eigenvalue weighted by Gasteiger charge is -2.24. The summed E-state index contributed by atoms with van der Waals surface area (Å²) in [4.78, 5) is 11.6. The summed E-state index contributed by atoms with van der Waals surface area (Å²) in [5, 5.41) is 3.01. The Kier molecular flexibility index (Phi) is 2.89. The molecular formula is C13H23NO2. The van der Waals surface area contributed by atoms with Crippen molar-refractivity contribution in [3.05, 3.63) is 0 Å². The molecule has 1 atom stereocenters. The molecule has 2 fully saturated rings. The number of rotatable bonds is 1. The van der Waals surface area contributed by atoms with Crippen molar-refractivity contribution in [2.75, 3.05) is 0 Å². The molecule has 16 heavy (non-hydrogen) atoms. The first-order valence-corrected chi connectivity index (χ1v) is 6.41. The first-order chi connectivity index (χ1) is 7.41. The van der Waals surface area contributed by atoms with E-state index in [9.17, 15) is 4.79 Å². The van der Waals surface area contributed by atoms with E-state index in [2.05, 4.69) is 5.32 Å². The van der Waals surface area contributed by atoms with Gasteiger partial charge in [0.1, 0.15) is 5.60 Å². The third-order valence-corrected chi connectivity index (χ3v) is 3.73. The van der Waals surface area contributed by atoms with Gasteiger partial charge in [-0.15, -0.1) is 0 Å². The molecule has 92 valence electrons. The highest BCUT2D eigenvalue weighted by Crippen LogP contribution is 2.56. The zero-order chi connectivity index (χ0) is 11.8. The van der Waals surface area contributed by atoms with Gasteiger partial charge in [-0.3, -0.25) is 0 Å². The fourth-order valence-corrected chi connectivity index (χ4v) is 2.81. The van der Waals surface area contributed by atoms with Crippen LogP contribution in [0.1, 0.15) is 59.3 Å². The van der Waals surface area contributed by atoms with Gasteiger partial charge < -0.3 is 10.1 Å². The maximum absolute atomic E-state index is 11.6. The van der Waals surface area contributed by atoms with E-state index in [1.54, 1.807) is 0 Å². The van der Waals surface area contributed by atoms with Crippen molar-refractivity contribution < 1.29 is 9.53 Å². The molecule has 0 aromatic carbocycles. The largest absolute Gasteiger partial charge is 0.444 e. The molecule has 2 rings (SSSR count). The van der Waals surface area contributed by atoms with Crippen molar-refractivity contribution in [2.45, 2.75) is 70.9 Å². The maximum atomic E-state index is 11.6. The standard InChI is InChI=1S/C13H23NO2/c1-12(2,3)16-11(15)14-10-9-13(10)7-5-4-6-8-13/h10H,4-9H2,1-3H3,(H,14,15)/t10-/m1/s1. The quantitative estimate of drug-likeness (QED) is 0.744. The average molecular weight is 225 g/mol. The lowest BCUT2D eigenvalue weighted by Crippen LogP contribution is -2.36. The third-order valence-electron chi connectivity index (χ3n) is 3.73. The van der Waals surface area contributed by atoms with Crippen molar-refractivity contribution in [3.8, 4) is 0 Å². The summed E-state index contributed by atoms with van der Waals surface area (Å²) in [5.41, 5.74) is 0.0495. The minimum absolute atomic E-state index is 0.250. The fourth-order valence-electron chi connectivity index (χ4n) is 2.81. The summed E-state index contributed by atoms with van der Waals surface area (Å²) in [7, 11) is 0. The Hall–Kier alpha value is -0.730. The highest BCUT2D eigenvalue weighted by molar-refractivity contribution is 5.68. The molecule has 0 aromatic heterocycles. The van der Waals surface area contributed by atoms with Crippen LogP contribution in [0.4, 0.5) is 4.79 Å². The molecule has 0 heterocycles. The van der Waals surface area contributed by atoms with Crippen LogP contribution in [-0.2, 0) is 4.74 Å². The van der Waals surface area contributed by atoms with Crippen LogP contribution >= 0.6 is 0 Å². The first kappa shape index (κ1) is 11.7. The van der Waals surface area contributed by atoms with Crippen LogP contribution in [0.2, 0.25) is 0 Å². The normalized spacial score (nSPS) is 27.6. The zero-order valence-electron chi connectivity index (χ0n) is 10.6. The number of carbonyl (C=O) groups is 1. The van der Waals surface area contributed by atoms with Crippen LogP contribution in [0, 0.1) is 5.41 Å². The molecule has 0 aliphatic heterocycles. The molecule has 0 unspecified atom stereocenters. The molecule has 1 N–H and O–H groups in total. The molecule has 0 aromatic rings. The molecule has 1 spiro atoms. The molecule has 2 aliphatic rings. The van der Waals surface area contributed by atoms with Crippen molar-refractivity contribution in [1.29, 1.82) is 0 Å². The van der Waals surface area contributed by atoms with Crippen LogP contribution in [0.25, 0.3) is 0 Å². The second-order valence-corrected chi connectivity index (χ2v) is 6.33. The molecule has 3 nitrogen and oxygen atoms in total. The lowest BCUT2D eigenvalue weighted by molar-refractivity contribution is 0.0512. The number of amides is 1. The number of hydrogen-bond acceptors (Lipinski definition) is 2. The highest BCUT2D eigenvalue weighted by Gasteiger charge is 2.54. The van der Waals surface area contributed by atoms with Crippen LogP contribution in [-0.4, -0.2) is 17.7 Å². The average Bonchev–Trinajstić information content (AvgIpc) is 2.75. The zero-order valence-corrected chi connectivity index (χ0v) is 10.6. The van der Waals surface area contributed by atoms with Gasteiger partial charge in [0.05, 0.1) is 0 Å². The summed E-state index contributed by atoms with van der Waals surface area (Å²) in [6, 6.07) is 0.377. The Labute approximate surface area is 97.9 Å². The first-order valence-electron chi connectivity index (χ1n) is 6.41. The number of ether oxygens (including phenoxy) is 1. The van der Waals surface area contributed by atoms with Crippen LogP contribution in [0.3, 0.4) is 0 Å². The van der Waals surface area contributed by atoms with Gasteiger partial charge in [0, 0.05) is 6.04 Å².